The molecule has 0 unspecified atom stereocenters. The summed E-state index contributed by atoms with van der Waals surface area (Å²) in [6.45, 7) is 4.08. The number of nitrogens with one attached hydrogen (secondary N) is 2. The predicted molar refractivity (Wildman–Crippen MR) is 265 cm³/mol. The molecule has 10 N–H and O–H groups in total. The molecule has 2 aromatic heterocycles. The quantitative estimate of drug-likeness (QED) is 0.0270. The van der Waals surface area contributed by atoms with Crippen molar-refractivity contribution in [3.05, 3.63) is 80.4 Å². The lowest BCUT2D eigenvalue weighted by molar-refractivity contribution is 0.0854. The maximum atomic E-state index is 13.1. The highest BCUT2D eigenvalue weighted by molar-refractivity contribution is 7.89. The number of sulfonamides is 2. The van der Waals surface area contributed by atoms with Gasteiger partial charge >= 0.3 is 0 Å². The number of ether oxygens (including phenoxy) is 4. The number of aromatic hydroxyl groups is 2. The minimum Gasteiger partial charge on any atom is -0.493 e. The number of nitrogens with two attached hydrogens (primary N) is 2. The van der Waals surface area contributed by atoms with E-state index in [1.807, 2.05) is 0 Å². The number of piperazine rings is 1. The molecule has 0 spiro atoms. The number of hydrogen-bond acceptors (Lipinski definition) is 22. The molecule has 1 saturated heterocycles. The van der Waals surface area contributed by atoms with Crippen LogP contribution in [0.25, 0.3) is 0 Å². The Kier molecular flexibility index (Phi) is 22.1. The van der Waals surface area contributed by atoms with Crippen molar-refractivity contribution in [1.82, 2.24) is 28.4 Å². The molecule has 1 fully saturated rings. The van der Waals surface area contributed by atoms with Gasteiger partial charge in [-0.1, -0.05) is 0 Å². The molecule has 5 rings (SSSR count). The topological polar surface area (TPSA) is 362 Å². The van der Waals surface area contributed by atoms with Crippen molar-refractivity contribution in [2.45, 2.75) is 48.9 Å². The number of nitrogens with zero attached hydrogens (tertiary/aromatic N) is 8. The molecule has 0 radical (unpaired) electrons. The van der Waals surface area contributed by atoms with Gasteiger partial charge in [0.15, 0.2) is 11.4 Å². The standard InChI is InChI=1S/C44H64N12O14S2/c1-67-29-35-37(45)41(59)55(21-25-69-27-23-57)43(61)39(35)51-49-31-5-9-33(10-6-31)71(63,64)47-13-3-15-53-17-19-54(20-18-53)16-4-14-48-72(65,66)34-11-7-32(8-12-34)50-52-40-36(30-68-2)38(46)42(60)56(44(40)62)22-26-70-28-24-58/h5-12,47-48,57-58,61-62H,3-4,13-30,45-46H2,1-2H3/b51-49+,52-50+. The molecule has 0 saturated carbocycles. The number of aromatic nitrogens is 2. The summed E-state index contributed by atoms with van der Waals surface area (Å²) >= 11 is 0. The van der Waals surface area contributed by atoms with Crippen molar-refractivity contribution in [3.8, 4) is 11.8 Å². The highest BCUT2D eigenvalue weighted by Crippen LogP contribution is 2.36. The number of methoxy groups -OCH3 is 2. The normalized spacial score (nSPS) is 14.1. The van der Waals surface area contributed by atoms with Crippen molar-refractivity contribution >= 4 is 54.2 Å². The molecule has 1 aliphatic heterocycles. The van der Waals surface area contributed by atoms with Crippen molar-refractivity contribution in [2.75, 3.05) is 118 Å². The van der Waals surface area contributed by atoms with Crippen LogP contribution in [-0.2, 0) is 65.3 Å². The van der Waals surface area contributed by atoms with Gasteiger partial charge < -0.3 is 60.6 Å². The lowest BCUT2D eigenvalue weighted by atomic mass is 10.2. The van der Waals surface area contributed by atoms with E-state index >= 15 is 0 Å². The van der Waals surface area contributed by atoms with Crippen LogP contribution >= 0.6 is 0 Å². The summed E-state index contributed by atoms with van der Waals surface area (Å²) in [6.07, 6.45) is 1.13. The van der Waals surface area contributed by atoms with Crippen LogP contribution in [0.3, 0.4) is 0 Å². The van der Waals surface area contributed by atoms with Gasteiger partial charge in [0, 0.05) is 64.6 Å². The zero-order valence-electron chi connectivity index (χ0n) is 40.2. The Labute approximate surface area is 416 Å². The molecular weight excluding hydrogens is 985 g/mol. The van der Waals surface area contributed by atoms with Crippen LogP contribution in [0.2, 0.25) is 0 Å². The number of aliphatic hydroxyl groups is 2. The van der Waals surface area contributed by atoms with Gasteiger partial charge in [0.05, 0.1) is 87.1 Å². The summed E-state index contributed by atoms with van der Waals surface area (Å²) in [5.74, 6) is -1.02. The Morgan fingerprint density at radius 2 is 0.931 bits per heavy atom. The van der Waals surface area contributed by atoms with Crippen molar-refractivity contribution < 1.29 is 56.2 Å². The summed E-state index contributed by atoms with van der Waals surface area (Å²) in [5.41, 5.74) is 11.0. The Morgan fingerprint density at radius 1 is 0.569 bits per heavy atom. The van der Waals surface area contributed by atoms with Crippen molar-refractivity contribution in [3.63, 3.8) is 0 Å². The second kappa shape index (κ2) is 27.9. The Hall–Kier alpha value is -5.76. The molecule has 2 aromatic carbocycles. The molecule has 1 aliphatic rings. The van der Waals surface area contributed by atoms with Gasteiger partial charge in [0.2, 0.25) is 31.8 Å². The summed E-state index contributed by atoms with van der Waals surface area (Å²) in [5, 5.41) is 56.2. The second-order valence-corrected chi connectivity index (χ2v) is 19.7. The van der Waals surface area contributed by atoms with E-state index in [1.165, 1.54) is 62.8 Å². The number of azo groups is 2. The zero-order valence-corrected chi connectivity index (χ0v) is 41.8. The highest BCUT2D eigenvalue weighted by atomic mass is 32.2. The fraction of sp³-hybridized carbons (Fsp3) is 0.500. The van der Waals surface area contributed by atoms with Crippen LogP contribution in [0.4, 0.5) is 34.1 Å². The van der Waals surface area contributed by atoms with Gasteiger partial charge in [-0.15, -0.1) is 10.2 Å². The van der Waals surface area contributed by atoms with Crippen molar-refractivity contribution in [2.24, 2.45) is 20.5 Å². The van der Waals surface area contributed by atoms with Gasteiger partial charge in [0.25, 0.3) is 11.1 Å². The highest BCUT2D eigenvalue weighted by Gasteiger charge is 2.23. The first-order valence-electron chi connectivity index (χ1n) is 22.9. The molecule has 0 bridgehead atoms. The van der Waals surface area contributed by atoms with Crippen LogP contribution in [0.5, 0.6) is 11.8 Å². The van der Waals surface area contributed by atoms with E-state index in [0.717, 1.165) is 35.3 Å². The van der Waals surface area contributed by atoms with Gasteiger partial charge in [-0.25, -0.2) is 26.3 Å². The number of pyridine rings is 2. The maximum Gasteiger partial charge on any atom is 0.277 e. The smallest absolute Gasteiger partial charge is 0.277 e. The average molecular weight is 1050 g/mol. The lowest BCUT2D eigenvalue weighted by Gasteiger charge is -2.34. The third-order valence-corrected chi connectivity index (χ3v) is 14.2. The fourth-order valence-electron chi connectivity index (χ4n) is 7.39. The number of nitrogen functional groups attached to an aromatic ring is 2. The minimum atomic E-state index is -3.85. The van der Waals surface area contributed by atoms with E-state index in [1.54, 1.807) is 0 Å². The summed E-state index contributed by atoms with van der Waals surface area (Å²) in [7, 11) is -4.93. The van der Waals surface area contributed by atoms with E-state index in [9.17, 15) is 36.6 Å². The second-order valence-electron chi connectivity index (χ2n) is 16.2. The number of hydrogen-bond donors (Lipinski definition) is 8. The first-order valence-corrected chi connectivity index (χ1v) is 25.8. The summed E-state index contributed by atoms with van der Waals surface area (Å²) in [6, 6.07) is 11.3. The summed E-state index contributed by atoms with van der Waals surface area (Å²) in [4.78, 5) is 30.2. The third kappa shape index (κ3) is 15.6. The lowest BCUT2D eigenvalue weighted by Crippen LogP contribution is -2.47. The molecule has 396 valence electrons. The van der Waals surface area contributed by atoms with Crippen LogP contribution in [0.1, 0.15) is 24.0 Å². The molecule has 3 heterocycles. The number of anilines is 2. The van der Waals surface area contributed by atoms with Crippen LogP contribution < -0.4 is 32.0 Å². The van der Waals surface area contributed by atoms with Crippen molar-refractivity contribution in [1.29, 1.82) is 0 Å². The fourth-order valence-corrected chi connectivity index (χ4v) is 9.54. The van der Waals surface area contributed by atoms with E-state index in [-0.39, 0.29) is 134 Å². The van der Waals surface area contributed by atoms with Gasteiger partial charge in [-0.05, 0) is 74.5 Å². The Morgan fingerprint density at radius 3 is 1.26 bits per heavy atom. The molecule has 0 amide bonds. The van der Waals surface area contributed by atoms with Crippen LogP contribution in [-0.4, -0.2) is 162 Å². The number of rotatable bonds is 30. The Bertz CT molecular complexity index is 2610. The predicted octanol–water partition coefficient (Wildman–Crippen LogP) is 1.38. The molecular formula is C44H64N12O14S2. The van der Waals surface area contributed by atoms with E-state index < -0.39 is 42.9 Å². The molecule has 4 aromatic rings. The van der Waals surface area contributed by atoms with E-state index in [0.29, 0.717) is 25.9 Å². The monoisotopic (exact) mass is 1050 g/mol. The van der Waals surface area contributed by atoms with E-state index in [4.69, 9.17) is 40.6 Å². The number of benzene rings is 2. The minimum absolute atomic E-state index is 0.00919. The van der Waals surface area contributed by atoms with Gasteiger partial charge in [-0.2, -0.15) is 10.2 Å². The average Bonchev–Trinajstić information content (AvgIpc) is 3.37. The zero-order chi connectivity index (χ0) is 52.3. The van der Waals surface area contributed by atoms with Crippen LogP contribution in [0, 0.1) is 0 Å². The Balaban J connectivity index is 1.03. The largest absolute Gasteiger partial charge is 0.493 e. The third-order valence-electron chi connectivity index (χ3n) is 11.3. The van der Waals surface area contributed by atoms with Gasteiger partial charge in [0.1, 0.15) is 11.4 Å². The van der Waals surface area contributed by atoms with E-state index in [2.05, 4.69) is 39.7 Å². The first kappa shape index (κ1) is 57.1. The number of aliphatic hydroxyl groups excluding tert-OH is 2. The summed E-state index contributed by atoms with van der Waals surface area (Å²) < 4.78 is 80.3. The first-order chi connectivity index (χ1) is 34.6. The van der Waals surface area contributed by atoms with Crippen LogP contribution in [0.15, 0.2) is 88.4 Å². The molecule has 28 heteroatoms. The molecule has 26 nitrogen and oxygen atoms in total. The maximum absolute atomic E-state index is 13.1. The molecule has 0 aliphatic carbocycles. The van der Waals surface area contributed by atoms with Gasteiger partial charge in [-0.3, -0.25) is 18.7 Å². The SMILES string of the molecule is COCc1c(/N=N/c2ccc(S(=O)(=O)NCCCN3CCN(CCCNS(=O)(=O)c4ccc(/N=N/c5c(COC)c(N)c(=O)n(CCOCCO)c5O)cc4)CC3)cc2)c(O)n(CCOCCO)c(=O)c1N. The molecule has 72 heavy (non-hydrogen) atoms. The molecule has 0 atom stereocenters.